The molecule has 0 aliphatic rings. The van der Waals surface area contributed by atoms with Crippen molar-refractivity contribution in [1.82, 2.24) is 15.0 Å². The standard InChI is InChI=1S/C20H18N4S/c1-13-6-7-15(9-14(13)2)17-11-25-20-18(17)19(23-12-24-20)22-10-16-5-3-4-8-21-16/h3-9,11-12H,10H2,1-2H3,(H,22,23,24). The van der Waals surface area contributed by atoms with E-state index in [9.17, 15) is 0 Å². The van der Waals surface area contributed by atoms with Crippen molar-refractivity contribution in [1.29, 1.82) is 0 Å². The minimum atomic E-state index is 0.634. The summed E-state index contributed by atoms with van der Waals surface area (Å²) in [6.07, 6.45) is 3.42. The van der Waals surface area contributed by atoms with Gasteiger partial charge in [0.15, 0.2) is 0 Å². The molecule has 0 aliphatic heterocycles. The zero-order valence-corrected chi connectivity index (χ0v) is 15.0. The molecule has 0 spiro atoms. The Bertz CT molecular complexity index is 1020. The Morgan fingerprint density at radius 1 is 1.00 bits per heavy atom. The third kappa shape index (κ3) is 3.10. The van der Waals surface area contributed by atoms with Gasteiger partial charge in [0.25, 0.3) is 0 Å². The molecule has 124 valence electrons. The van der Waals surface area contributed by atoms with Crippen LogP contribution in [0.2, 0.25) is 0 Å². The van der Waals surface area contributed by atoms with Crippen LogP contribution in [0.3, 0.4) is 0 Å². The lowest BCUT2D eigenvalue weighted by Gasteiger charge is -2.09. The van der Waals surface area contributed by atoms with Gasteiger partial charge in [0.05, 0.1) is 17.6 Å². The second-order valence-electron chi connectivity index (χ2n) is 6.03. The lowest BCUT2D eigenvalue weighted by atomic mass is 10.0. The maximum Gasteiger partial charge on any atom is 0.139 e. The molecule has 25 heavy (non-hydrogen) atoms. The van der Waals surface area contributed by atoms with Gasteiger partial charge in [-0.25, -0.2) is 9.97 Å². The summed E-state index contributed by atoms with van der Waals surface area (Å²) < 4.78 is 0. The minimum absolute atomic E-state index is 0.634. The summed E-state index contributed by atoms with van der Waals surface area (Å²) >= 11 is 1.65. The zero-order chi connectivity index (χ0) is 17.2. The molecule has 5 heteroatoms. The van der Waals surface area contributed by atoms with Crippen molar-refractivity contribution in [2.75, 3.05) is 5.32 Å². The zero-order valence-electron chi connectivity index (χ0n) is 14.2. The third-order valence-electron chi connectivity index (χ3n) is 4.35. The van der Waals surface area contributed by atoms with Crippen molar-refractivity contribution in [2.24, 2.45) is 0 Å². The van der Waals surface area contributed by atoms with Crippen LogP contribution in [-0.4, -0.2) is 15.0 Å². The Kier molecular flexibility index (Phi) is 4.15. The molecule has 3 aromatic heterocycles. The first-order valence-electron chi connectivity index (χ1n) is 8.16. The van der Waals surface area contributed by atoms with E-state index in [1.807, 2.05) is 18.2 Å². The molecule has 0 radical (unpaired) electrons. The Morgan fingerprint density at radius 2 is 1.92 bits per heavy atom. The molecule has 1 N–H and O–H groups in total. The van der Waals surface area contributed by atoms with Crippen LogP contribution in [0.25, 0.3) is 21.3 Å². The number of hydrogen-bond donors (Lipinski definition) is 1. The fourth-order valence-electron chi connectivity index (χ4n) is 2.81. The number of benzene rings is 1. The van der Waals surface area contributed by atoms with Crippen LogP contribution in [0, 0.1) is 13.8 Å². The smallest absolute Gasteiger partial charge is 0.139 e. The topological polar surface area (TPSA) is 50.7 Å². The molecule has 0 unspecified atom stereocenters. The van der Waals surface area contributed by atoms with Crippen molar-refractivity contribution in [3.8, 4) is 11.1 Å². The van der Waals surface area contributed by atoms with Gasteiger partial charge in [-0.2, -0.15) is 0 Å². The van der Waals surface area contributed by atoms with Gasteiger partial charge in [0, 0.05) is 17.1 Å². The van der Waals surface area contributed by atoms with Crippen LogP contribution < -0.4 is 5.32 Å². The SMILES string of the molecule is Cc1ccc(-c2csc3ncnc(NCc4ccccn4)c23)cc1C. The number of fused-ring (bicyclic) bond motifs is 1. The van der Waals surface area contributed by atoms with Crippen LogP contribution >= 0.6 is 11.3 Å². The van der Waals surface area contributed by atoms with Crippen LogP contribution in [0.1, 0.15) is 16.8 Å². The van der Waals surface area contributed by atoms with Crippen molar-refractivity contribution >= 4 is 27.4 Å². The summed E-state index contributed by atoms with van der Waals surface area (Å²) in [5, 5.41) is 6.66. The molecule has 4 aromatic rings. The van der Waals surface area contributed by atoms with E-state index < -0.39 is 0 Å². The van der Waals surface area contributed by atoms with Crippen molar-refractivity contribution < 1.29 is 0 Å². The van der Waals surface area contributed by atoms with Gasteiger partial charge in [-0.15, -0.1) is 11.3 Å². The highest BCUT2D eigenvalue weighted by Crippen LogP contribution is 2.37. The summed E-state index contributed by atoms with van der Waals surface area (Å²) in [6, 6.07) is 12.5. The molecule has 0 fully saturated rings. The minimum Gasteiger partial charge on any atom is -0.364 e. The van der Waals surface area contributed by atoms with Gasteiger partial charge < -0.3 is 5.32 Å². The fraction of sp³-hybridized carbons (Fsp3) is 0.150. The van der Waals surface area contributed by atoms with Crippen LogP contribution in [0.5, 0.6) is 0 Å². The molecule has 0 amide bonds. The molecule has 3 heterocycles. The molecule has 0 bridgehead atoms. The highest BCUT2D eigenvalue weighted by atomic mass is 32.1. The highest BCUT2D eigenvalue weighted by molar-refractivity contribution is 7.17. The predicted octanol–water partition coefficient (Wildman–Crippen LogP) is 4.98. The van der Waals surface area contributed by atoms with E-state index in [2.05, 4.69) is 57.7 Å². The third-order valence-corrected chi connectivity index (χ3v) is 5.24. The summed E-state index contributed by atoms with van der Waals surface area (Å²) in [5.41, 5.74) is 5.94. The predicted molar refractivity (Wildman–Crippen MR) is 104 cm³/mol. The number of pyridine rings is 1. The molecule has 0 atom stereocenters. The van der Waals surface area contributed by atoms with Crippen molar-refractivity contribution in [3.05, 3.63) is 71.1 Å². The largest absolute Gasteiger partial charge is 0.364 e. The number of aryl methyl sites for hydroxylation is 2. The molecule has 0 saturated carbocycles. The number of aromatic nitrogens is 3. The van der Waals surface area contributed by atoms with Crippen LogP contribution in [0.4, 0.5) is 5.82 Å². The van der Waals surface area contributed by atoms with Gasteiger partial charge in [0.1, 0.15) is 17.0 Å². The Hall–Kier alpha value is -2.79. The monoisotopic (exact) mass is 346 g/mol. The lowest BCUT2D eigenvalue weighted by molar-refractivity contribution is 1.03. The maximum atomic E-state index is 4.48. The van der Waals surface area contributed by atoms with E-state index >= 15 is 0 Å². The second-order valence-corrected chi connectivity index (χ2v) is 6.88. The van der Waals surface area contributed by atoms with E-state index in [0.29, 0.717) is 6.54 Å². The van der Waals surface area contributed by atoms with Crippen LogP contribution in [-0.2, 0) is 6.54 Å². The molecule has 1 aromatic carbocycles. The number of thiophene rings is 1. The van der Waals surface area contributed by atoms with E-state index in [-0.39, 0.29) is 0 Å². The highest BCUT2D eigenvalue weighted by Gasteiger charge is 2.13. The summed E-state index contributed by atoms with van der Waals surface area (Å²) in [4.78, 5) is 14.3. The quantitative estimate of drug-likeness (QED) is 0.566. The Balaban J connectivity index is 1.75. The average Bonchev–Trinajstić information content (AvgIpc) is 3.08. The fourth-order valence-corrected chi connectivity index (χ4v) is 3.72. The van der Waals surface area contributed by atoms with E-state index in [1.54, 1.807) is 23.9 Å². The summed E-state index contributed by atoms with van der Waals surface area (Å²) in [6.45, 7) is 4.91. The van der Waals surface area contributed by atoms with E-state index in [0.717, 1.165) is 21.7 Å². The number of rotatable bonds is 4. The Labute approximate surface area is 150 Å². The van der Waals surface area contributed by atoms with Crippen LogP contribution in [0.15, 0.2) is 54.3 Å². The summed E-state index contributed by atoms with van der Waals surface area (Å²) in [7, 11) is 0. The number of hydrogen-bond acceptors (Lipinski definition) is 5. The first-order valence-corrected chi connectivity index (χ1v) is 9.04. The number of nitrogens with one attached hydrogen (secondary N) is 1. The lowest BCUT2D eigenvalue weighted by Crippen LogP contribution is -2.03. The molecular weight excluding hydrogens is 328 g/mol. The van der Waals surface area contributed by atoms with Gasteiger partial charge in [0.2, 0.25) is 0 Å². The molecule has 4 nitrogen and oxygen atoms in total. The maximum absolute atomic E-state index is 4.48. The van der Waals surface area contributed by atoms with E-state index in [4.69, 9.17) is 0 Å². The molecular formula is C20H18N4S. The Morgan fingerprint density at radius 3 is 2.72 bits per heavy atom. The van der Waals surface area contributed by atoms with Gasteiger partial charge in [-0.1, -0.05) is 24.3 Å². The normalized spacial score (nSPS) is 11.0. The second kappa shape index (κ2) is 6.61. The molecule has 4 rings (SSSR count). The first-order chi connectivity index (χ1) is 12.2. The number of anilines is 1. The van der Waals surface area contributed by atoms with Gasteiger partial charge in [-0.3, -0.25) is 4.98 Å². The average molecular weight is 346 g/mol. The van der Waals surface area contributed by atoms with Gasteiger partial charge in [-0.05, 0) is 42.7 Å². The van der Waals surface area contributed by atoms with Crippen molar-refractivity contribution in [2.45, 2.75) is 20.4 Å². The van der Waals surface area contributed by atoms with Crippen molar-refractivity contribution in [3.63, 3.8) is 0 Å². The van der Waals surface area contributed by atoms with Gasteiger partial charge >= 0.3 is 0 Å². The van der Waals surface area contributed by atoms with E-state index in [1.165, 1.54) is 22.3 Å². The summed E-state index contributed by atoms with van der Waals surface area (Å²) in [5.74, 6) is 0.852. The first kappa shape index (κ1) is 15.7. The molecule has 0 aliphatic carbocycles. The number of nitrogens with zero attached hydrogens (tertiary/aromatic N) is 3. The molecule has 0 saturated heterocycles.